The second-order valence-corrected chi connectivity index (χ2v) is 4.56. The van der Waals surface area contributed by atoms with Crippen molar-refractivity contribution < 1.29 is 9.90 Å². The molecule has 1 aromatic carbocycles. The molecule has 0 atom stereocenters. The molecule has 2 N–H and O–H groups in total. The molecule has 0 fully saturated rings. The van der Waals surface area contributed by atoms with Gasteiger partial charge in [-0.1, -0.05) is 18.2 Å². The summed E-state index contributed by atoms with van der Waals surface area (Å²) in [6.45, 7) is 0.474. The number of aliphatic hydroxyl groups excluding tert-OH is 1. The molecule has 0 saturated heterocycles. The molecule has 3 heteroatoms. The van der Waals surface area contributed by atoms with E-state index < -0.39 is 0 Å². The summed E-state index contributed by atoms with van der Waals surface area (Å²) in [7, 11) is 0. The van der Waals surface area contributed by atoms with Crippen molar-refractivity contribution in [2.45, 2.75) is 38.6 Å². The first-order valence-electron chi connectivity index (χ1n) is 6.28. The lowest BCUT2D eigenvalue weighted by molar-refractivity contribution is -0.121. The van der Waals surface area contributed by atoms with Crippen LogP contribution >= 0.6 is 0 Å². The maximum atomic E-state index is 11.2. The van der Waals surface area contributed by atoms with Crippen molar-refractivity contribution >= 4 is 5.91 Å². The van der Waals surface area contributed by atoms with Gasteiger partial charge in [0.05, 0.1) is 6.61 Å². The lowest BCUT2D eigenvalue weighted by atomic mass is 9.90. The molecule has 1 aromatic rings. The third kappa shape index (κ3) is 3.30. The van der Waals surface area contributed by atoms with Crippen molar-refractivity contribution in [1.82, 2.24) is 5.32 Å². The van der Waals surface area contributed by atoms with E-state index in [0.29, 0.717) is 6.54 Å². The van der Waals surface area contributed by atoms with Crippen LogP contribution in [0.3, 0.4) is 0 Å². The Morgan fingerprint density at radius 1 is 1.24 bits per heavy atom. The van der Waals surface area contributed by atoms with Crippen molar-refractivity contribution in [2.75, 3.05) is 6.61 Å². The lowest BCUT2D eigenvalue weighted by Gasteiger charge is -2.16. The van der Waals surface area contributed by atoms with Gasteiger partial charge in [0.25, 0.3) is 0 Å². The minimum atomic E-state index is -0.0924. The Morgan fingerprint density at radius 3 is 2.76 bits per heavy atom. The summed E-state index contributed by atoms with van der Waals surface area (Å²) >= 11 is 0. The zero-order valence-corrected chi connectivity index (χ0v) is 10.0. The Balaban J connectivity index is 1.95. The maximum absolute atomic E-state index is 11.2. The van der Waals surface area contributed by atoms with Crippen LogP contribution in [0.15, 0.2) is 18.2 Å². The van der Waals surface area contributed by atoms with E-state index in [0.717, 1.165) is 12.0 Å². The highest BCUT2D eigenvalue weighted by molar-refractivity contribution is 5.75. The summed E-state index contributed by atoms with van der Waals surface area (Å²) in [6.07, 6.45) is 5.10. The minimum absolute atomic E-state index is 0.0873. The van der Waals surface area contributed by atoms with Crippen LogP contribution in [-0.4, -0.2) is 17.6 Å². The van der Waals surface area contributed by atoms with Crippen LogP contribution in [0, 0.1) is 0 Å². The normalized spacial score (nSPS) is 14.2. The second-order valence-electron chi connectivity index (χ2n) is 4.56. The van der Waals surface area contributed by atoms with Crippen LogP contribution in [0.5, 0.6) is 0 Å². The van der Waals surface area contributed by atoms with Gasteiger partial charge in [-0.2, -0.15) is 0 Å². The molecule has 3 nitrogen and oxygen atoms in total. The molecule has 1 amide bonds. The van der Waals surface area contributed by atoms with Gasteiger partial charge < -0.3 is 10.4 Å². The number of carbonyl (C=O) groups is 1. The lowest BCUT2D eigenvalue weighted by Crippen LogP contribution is -2.23. The molecular weight excluding hydrogens is 214 g/mol. The number of amides is 1. The number of hydrogen-bond donors (Lipinski definition) is 2. The fourth-order valence-corrected chi connectivity index (χ4v) is 2.29. The highest BCUT2D eigenvalue weighted by Crippen LogP contribution is 2.22. The van der Waals surface area contributed by atoms with E-state index in [1.807, 2.05) is 0 Å². The van der Waals surface area contributed by atoms with Gasteiger partial charge in [-0.3, -0.25) is 4.79 Å². The van der Waals surface area contributed by atoms with Crippen LogP contribution in [0.2, 0.25) is 0 Å². The van der Waals surface area contributed by atoms with Gasteiger partial charge in [-0.25, -0.2) is 0 Å². The second kappa shape index (κ2) is 5.82. The highest BCUT2D eigenvalue weighted by Gasteiger charge is 2.09. The van der Waals surface area contributed by atoms with Crippen molar-refractivity contribution in [1.29, 1.82) is 0 Å². The first-order chi connectivity index (χ1) is 8.29. The van der Waals surface area contributed by atoms with Gasteiger partial charge in [-0.15, -0.1) is 0 Å². The molecule has 0 unspecified atom stereocenters. The van der Waals surface area contributed by atoms with Gasteiger partial charge in [0.1, 0.15) is 0 Å². The molecule has 0 aromatic heterocycles. The SMILES string of the molecule is O=C(CCO)NCc1ccc2c(c1)CCCC2. The van der Waals surface area contributed by atoms with Crippen LogP contribution in [0.4, 0.5) is 0 Å². The molecule has 0 bridgehead atoms. The number of hydrogen-bond acceptors (Lipinski definition) is 2. The quantitative estimate of drug-likeness (QED) is 0.829. The summed E-state index contributed by atoms with van der Waals surface area (Å²) in [6, 6.07) is 6.47. The number of aliphatic hydroxyl groups is 1. The number of carbonyl (C=O) groups excluding carboxylic acids is 1. The van der Waals surface area contributed by atoms with Gasteiger partial charge in [-0.05, 0) is 42.4 Å². The minimum Gasteiger partial charge on any atom is -0.396 e. The first-order valence-corrected chi connectivity index (χ1v) is 6.28. The molecule has 2 rings (SSSR count). The average molecular weight is 233 g/mol. The van der Waals surface area contributed by atoms with Crippen LogP contribution in [0.1, 0.15) is 36.0 Å². The molecule has 17 heavy (non-hydrogen) atoms. The summed E-state index contributed by atoms with van der Waals surface area (Å²) in [5.41, 5.74) is 4.05. The molecule has 0 heterocycles. The predicted molar refractivity (Wildman–Crippen MR) is 66.6 cm³/mol. The smallest absolute Gasteiger partial charge is 0.222 e. The van der Waals surface area contributed by atoms with Crippen LogP contribution in [-0.2, 0) is 24.2 Å². The molecule has 0 saturated carbocycles. The average Bonchev–Trinajstić information content (AvgIpc) is 2.36. The zero-order chi connectivity index (χ0) is 12.1. The number of nitrogens with one attached hydrogen (secondary N) is 1. The fraction of sp³-hybridized carbons (Fsp3) is 0.500. The van der Waals surface area contributed by atoms with Crippen molar-refractivity contribution in [3.8, 4) is 0 Å². The topological polar surface area (TPSA) is 49.3 Å². The number of rotatable bonds is 4. The van der Waals surface area contributed by atoms with E-state index in [1.54, 1.807) is 0 Å². The predicted octanol–water partition coefficient (Wildman–Crippen LogP) is 1.56. The summed E-state index contributed by atoms with van der Waals surface area (Å²) in [5, 5.41) is 11.4. The van der Waals surface area contributed by atoms with Gasteiger partial charge in [0.15, 0.2) is 0 Å². The molecule has 0 radical (unpaired) electrons. The number of benzene rings is 1. The summed E-state index contributed by atoms with van der Waals surface area (Å²) in [4.78, 5) is 11.2. The molecule has 92 valence electrons. The number of aryl methyl sites for hydroxylation is 2. The third-order valence-electron chi connectivity index (χ3n) is 3.24. The molecular formula is C14H19NO2. The van der Waals surface area contributed by atoms with Gasteiger partial charge in [0.2, 0.25) is 5.91 Å². The standard InChI is InChI=1S/C14H19NO2/c16-8-7-14(17)15-10-11-5-6-12-3-1-2-4-13(12)9-11/h5-6,9,16H,1-4,7-8,10H2,(H,15,17). The van der Waals surface area contributed by atoms with Gasteiger partial charge in [0, 0.05) is 13.0 Å². The highest BCUT2D eigenvalue weighted by atomic mass is 16.3. The first kappa shape index (κ1) is 12.1. The van der Waals surface area contributed by atoms with Gasteiger partial charge >= 0.3 is 0 Å². The van der Waals surface area contributed by atoms with Crippen LogP contribution in [0.25, 0.3) is 0 Å². The maximum Gasteiger partial charge on any atom is 0.222 e. The van der Waals surface area contributed by atoms with E-state index >= 15 is 0 Å². The van der Waals surface area contributed by atoms with E-state index in [2.05, 4.69) is 23.5 Å². The van der Waals surface area contributed by atoms with Crippen molar-refractivity contribution in [3.05, 3.63) is 34.9 Å². The Kier molecular flexibility index (Phi) is 4.15. The Morgan fingerprint density at radius 2 is 2.00 bits per heavy atom. The summed E-state index contributed by atoms with van der Waals surface area (Å²) < 4.78 is 0. The molecule has 1 aliphatic carbocycles. The monoisotopic (exact) mass is 233 g/mol. The Bertz CT molecular complexity index is 401. The van der Waals surface area contributed by atoms with E-state index in [9.17, 15) is 4.79 Å². The van der Waals surface area contributed by atoms with Crippen molar-refractivity contribution in [2.24, 2.45) is 0 Å². The Hall–Kier alpha value is -1.35. The Labute approximate surface area is 102 Å². The van der Waals surface area contributed by atoms with E-state index in [1.165, 1.54) is 30.4 Å². The largest absolute Gasteiger partial charge is 0.396 e. The molecule has 0 aliphatic heterocycles. The molecule has 1 aliphatic rings. The van der Waals surface area contributed by atoms with E-state index in [4.69, 9.17) is 5.11 Å². The zero-order valence-electron chi connectivity index (χ0n) is 10.0. The molecule has 0 spiro atoms. The fourth-order valence-electron chi connectivity index (χ4n) is 2.29. The number of fused-ring (bicyclic) bond motifs is 1. The third-order valence-corrected chi connectivity index (χ3v) is 3.24. The summed E-state index contributed by atoms with van der Waals surface area (Å²) in [5.74, 6) is -0.0924. The van der Waals surface area contributed by atoms with Crippen LogP contribution < -0.4 is 5.32 Å². The van der Waals surface area contributed by atoms with Crippen molar-refractivity contribution in [3.63, 3.8) is 0 Å². The van der Waals surface area contributed by atoms with E-state index in [-0.39, 0.29) is 18.9 Å².